The Morgan fingerprint density at radius 3 is 2.67 bits per heavy atom. The first kappa shape index (κ1) is 18.3. The van der Waals surface area contributed by atoms with E-state index in [-0.39, 0.29) is 5.96 Å². The van der Waals surface area contributed by atoms with Crippen LogP contribution in [0.4, 0.5) is 5.69 Å². The molecule has 1 aliphatic heterocycles. The van der Waals surface area contributed by atoms with Gasteiger partial charge in [-0.2, -0.15) is 5.26 Å². The van der Waals surface area contributed by atoms with Crippen LogP contribution in [0.2, 0.25) is 0 Å². The first-order chi connectivity index (χ1) is 12.9. The topological polar surface area (TPSA) is 89.7 Å². The molecule has 0 saturated heterocycles. The normalized spacial score (nSPS) is 20.4. The first-order valence-electron chi connectivity index (χ1n) is 8.47. The summed E-state index contributed by atoms with van der Waals surface area (Å²) in [7, 11) is 0. The van der Waals surface area contributed by atoms with E-state index in [2.05, 4.69) is 21.5 Å². The maximum absolute atomic E-state index is 10.9. The van der Waals surface area contributed by atoms with Crippen LogP contribution in [0.25, 0.3) is 0 Å². The molecule has 27 heavy (non-hydrogen) atoms. The number of rotatable bonds is 2. The molecule has 1 aliphatic rings. The average molecular weight is 360 g/mol. The van der Waals surface area contributed by atoms with Gasteiger partial charge < -0.3 is 15.2 Å². The lowest BCUT2D eigenvalue weighted by atomic mass is 9.86. The summed E-state index contributed by atoms with van der Waals surface area (Å²) in [5, 5.41) is 25.6. The van der Waals surface area contributed by atoms with Crippen molar-refractivity contribution in [3.63, 3.8) is 0 Å². The molecule has 136 valence electrons. The van der Waals surface area contributed by atoms with Gasteiger partial charge in [-0.1, -0.05) is 24.1 Å². The Bertz CT molecular complexity index is 939. The van der Waals surface area contributed by atoms with Crippen LogP contribution in [0.5, 0.6) is 5.75 Å². The van der Waals surface area contributed by atoms with Gasteiger partial charge in [-0.15, -0.1) is 6.42 Å². The lowest BCUT2D eigenvalue weighted by Crippen LogP contribution is -2.49. The molecule has 0 aliphatic carbocycles. The Labute approximate surface area is 158 Å². The number of hydrogen-bond acceptors (Lipinski definition) is 4. The van der Waals surface area contributed by atoms with Crippen LogP contribution in [0.15, 0.2) is 53.5 Å². The number of terminal acetylenes is 1. The number of hydrogen-bond donors (Lipinski definition) is 3. The van der Waals surface area contributed by atoms with Crippen molar-refractivity contribution in [2.24, 2.45) is 4.99 Å². The van der Waals surface area contributed by atoms with E-state index in [1.165, 1.54) is 0 Å². The molecule has 0 bridgehead atoms. The summed E-state index contributed by atoms with van der Waals surface area (Å²) in [5.41, 5.74) is 1.24. The Morgan fingerprint density at radius 1 is 1.26 bits per heavy atom. The zero-order valence-corrected chi connectivity index (χ0v) is 15.1. The molecule has 6 heteroatoms. The smallest absolute Gasteiger partial charge is 0.209 e. The number of fused-ring (bicyclic) bond motifs is 1. The Kier molecular flexibility index (Phi) is 5.03. The highest BCUT2D eigenvalue weighted by Crippen LogP contribution is 2.42. The predicted octanol–water partition coefficient (Wildman–Crippen LogP) is 2.78. The van der Waals surface area contributed by atoms with Crippen molar-refractivity contribution in [3.8, 4) is 24.3 Å². The van der Waals surface area contributed by atoms with Gasteiger partial charge in [-0.3, -0.25) is 5.32 Å². The lowest BCUT2D eigenvalue weighted by Gasteiger charge is -2.40. The summed E-state index contributed by atoms with van der Waals surface area (Å²) >= 11 is 0. The van der Waals surface area contributed by atoms with Crippen molar-refractivity contribution < 1.29 is 9.84 Å². The minimum atomic E-state index is -0.939. The molecule has 3 rings (SSSR count). The van der Waals surface area contributed by atoms with Crippen molar-refractivity contribution in [1.82, 2.24) is 5.32 Å². The third-order valence-corrected chi connectivity index (χ3v) is 4.36. The molecular weight excluding hydrogens is 340 g/mol. The SMILES string of the molecule is C#Cc1ccc2c(c1)[C@H](N=C(NC#N)Nc1ccccc1)[C@@H](O)C(C)(C)O2. The second-order valence-corrected chi connectivity index (χ2v) is 6.70. The highest BCUT2D eigenvalue weighted by atomic mass is 16.5. The quantitative estimate of drug-likeness (QED) is 0.252. The summed E-state index contributed by atoms with van der Waals surface area (Å²) < 4.78 is 5.93. The molecular formula is C21H20N4O2. The molecule has 3 N–H and O–H groups in total. The van der Waals surface area contributed by atoms with Crippen molar-refractivity contribution in [3.05, 3.63) is 59.7 Å². The molecule has 2 aromatic carbocycles. The zero-order valence-electron chi connectivity index (χ0n) is 15.1. The van der Waals surface area contributed by atoms with Crippen LogP contribution in [-0.4, -0.2) is 22.8 Å². The number of nitrogens with one attached hydrogen (secondary N) is 2. The molecule has 0 radical (unpaired) electrons. The van der Waals surface area contributed by atoms with Crippen LogP contribution >= 0.6 is 0 Å². The van der Waals surface area contributed by atoms with Gasteiger partial charge >= 0.3 is 0 Å². The van der Waals surface area contributed by atoms with Gasteiger partial charge in [-0.25, -0.2) is 4.99 Å². The van der Waals surface area contributed by atoms with Gasteiger partial charge in [-0.05, 0) is 44.2 Å². The summed E-state index contributed by atoms with van der Waals surface area (Å²) in [6.07, 6.45) is 6.44. The van der Waals surface area contributed by atoms with Crippen LogP contribution < -0.4 is 15.4 Å². The van der Waals surface area contributed by atoms with E-state index in [0.717, 1.165) is 5.69 Å². The molecule has 2 aromatic rings. The van der Waals surface area contributed by atoms with Crippen LogP contribution in [0.1, 0.15) is 31.0 Å². The van der Waals surface area contributed by atoms with Crippen LogP contribution in [0, 0.1) is 23.8 Å². The summed E-state index contributed by atoms with van der Waals surface area (Å²) in [4.78, 5) is 4.59. The minimum absolute atomic E-state index is 0.225. The van der Waals surface area contributed by atoms with Gasteiger partial charge in [0.1, 0.15) is 23.5 Å². The molecule has 0 amide bonds. The van der Waals surface area contributed by atoms with Crippen molar-refractivity contribution in [1.29, 1.82) is 5.26 Å². The molecule has 1 heterocycles. The fourth-order valence-electron chi connectivity index (χ4n) is 2.94. The van der Waals surface area contributed by atoms with E-state index in [4.69, 9.17) is 16.4 Å². The maximum atomic E-state index is 10.9. The molecule has 0 fully saturated rings. The molecule has 2 atom stereocenters. The highest BCUT2D eigenvalue weighted by molar-refractivity contribution is 5.94. The third kappa shape index (κ3) is 3.87. The van der Waals surface area contributed by atoms with Gasteiger partial charge in [0.05, 0.1) is 0 Å². The molecule has 0 saturated carbocycles. The largest absolute Gasteiger partial charge is 0.485 e. The van der Waals surface area contributed by atoms with E-state index in [9.17, 15) is 5.11 Å². The molecule has 0 aromatic heterocycles. The number of anilines is 1. The van der Waals surface area contributed by atoms with Crippen molar-refractivity contribution >= 4 is 11.6 Å². The van der Waals surface area contributed by atoms with Crippen molar-refractivity contribution in [2.75, 3.05) is 5.32 Å². The van der Waals surface area contributed by atoms with Crippen molar-refractivity contribution in [2.45, 2.75) is 31.6 Å². The number of para-hydroxylation sites is 1. The number of nitriles is 1. The van der Waals surface area contributed by atoms with Gasteiger partial charge in [0, 0.05) is 16.8 Å². The van der Waals surface area contributed by atoms with E-state index in [0.29, 0.717) is 16.9 Å². The molecule has 0 unspecified atom stereocenters. The number of aliphatic hydroxyl groups excluding tert-OH is 1. The van der Waals surface area contributed by atoms with Crippen LogP contribution in [0.3, 0.4) is 0 Å². The Morgan fingerprint density at radius 2 is 2.00 bits per heavy atom. The first-order valence-corrected chi connectivity index (χ1v) is 8.47. The number of aliphatic hydroxyl groups is 1. The Hall–Kier alpha value is -3.48. The summed E-state index contributed by atoms with van der Waals surface area (Å²) in [5.74, 6) is 3.41. The number of aliphatic imine (C=N–C) groups is 1. The second kappa shape index (κ2) is 7.41. The van der Waals surface area contributed by atoms with Gasteiger partial charge in [0.25, 0.3) is 0 Å². The number of ether oxygens (including phenoxy) is 1. The zero-order chi connectivity index (χ0) is 19.4. The maximum Gasteiger partial charge on any atom is 0.209 e. The minimum Gasteiger partial charge on any atom is -0.485 e. The standard InChI is InChI=1S/C21H20N4O2/c1-4-14-10-11-17-16(12-14)18(19(26)21(2,3)27-17)25-20(23-13-22)24-15-8-6-5-7-9-15/h1,5-12,18-19,26H,2-3H3,(H2,23,24,25)/t18-,19+/m0/s1. The fourth-order valence-corrected chi connectivity index (χ4v) is 2.94. The molecule has 0 spiro atoms. The summed E-state index contributed by atoms with van der Waals surface area (Å²) in [6, 6.07) is 14.0. The van der Waals surface area contributed by atoms with E-state index in [1.54, 1.807) is 32.0 Å². The Balaban J connectivity index is 2.05. The van der Waals surface area contributed by atoms with E-state index in [1.807, 2.05) is 36.5 Å². The number of nitrogens with zero attached hydrogens (tertiary/aromatic N) is 2. The van der Waals surface area contributed by atoms with Crippen LogP contribution in [-0.2, 0) is 0 Å². The lowest BCUT2D eigenvalue weighted by molar-refractivity contribution is -0.0567. The molecule has 6 nitrogen and oxygen atoms in total. The second-order valence-electron chi connectivity index (χ2n) is 6.70. The van der Waals surface area contributed by atoms with Gasteiger partial charge in [0.2, 0.25) is 5.96 Å². The predicted molar refractivity (Wildman–Crippen MR) is 104 cm³/mol. The average Bonchev–Trinajstić information content (AvgIpc) is 2.66. The highest BCUT2D eigenvalue weighted by Gasteiger charge is 2.43. The van der Waals surface area contributed by atoms with E-state index >= 15 is 0 Å². The third-order valence-electron chi connectivity index (χ3n) is 4.36. The monoisotopic (exact) mass is 360 g/mol. The summed E-state index contributed by atoms with van der Waals surface area (Å²) in [6.45, 7) is 3.58. The number of benzene rings is 2. The fraction of sp³-hybridized carbons (Fsp3) is 0.238. The van der Waals surface area contributed by atoms with Gasteiger partial charge in [0.15, 0.2) is 6.19 Å². The number of guanidine groups is 1. The van der Waals surface area contributed by atoms with E-state index < -0.39 is 17.7 Å².